The molecule has 1 saturated carbocycles. The second-order valence-electron chi connectivity index (χ2n) is 5.77. The zero-order chi connectivity index (χ0) is 14.2. The molecule has 3 rings (SSSR count). The van der Waals surface area contributed by atoms with E-state index in [4.69, 9.17) is 0 Å². The summed E-state index contributed by atoms with van der Waals surface area (Å²) in [6.07, 6.45) is 1.06. The van der Waals surface area contributed by atoms with Crippen LogP contribution in [0.4, 0.5) is 0 Å². The minimum atomic E-state index is -0.0326. The normalized spacial score (nSPS) is 16.7. The summed E-state index contributed by atoms with van der Waals surface area (Å²) in [5, 5.41) is 0. The van der Waals surface area contributed by atoms with Gasteiger partial charge in [-0.25, -0.2) is 0 Å². The molecule has 0 atom stereocenters. The van der Waals surface area contributed by atoms with Crippen LogP contribution in [0.2, 0.25) is 0 Å². The van der Waals surface area contributed by atoms with Crippen LogP contribution in [-0.4, -0.2) is 0 Å². The van der Waals surface area contributed by atoms with E-state index < -0.39 is 0 Å². The SMILES string of the molecule is C=C1C(=C(C)C)CC1(c1ccccc1)c1ccccc1. The molecule has 0 unspecified atom stereocenters. The van der Waals surface area contributed by atoms with Gasteiger partial charge in [0.15, 0.2) is 0 Å². The highest BCUT2D eigenvalue weighted by Gasteiger charge is 2.47. The number of rotatable bonds is 2. The second kappa shape index (κ2) is 4.79. The Balaban J connectivity index is 2.17. The van der Waals surface area contributed by atoms with Gasteiger partial charge in [0, 0.05) is 5.41 Å². The van der Waals surface area contributed by atoms with Gasteiger partial charge < -0.3 is 0 Å². The highest BCUT2D eigenvalue weighted by Crippen LogP contribution is 2.56. The lowest BCUT2D eigenvalue weighted by atomic mass is 9.54. The Morgan fingerprint density at radius 2 is 1.30 bits per heavy atom. The van der Waals surface area contributed by atoms with Crippen LogP contribution in [0.15, 0.2) is 84.0 Å². The molecular formula is C20H20. The number of allylic oxidation sites excluding steroid dienone is 3. The third-order valence-electron chi connectivity index (χ3n) is 4.46. The van der Waals surface area contributed by atoms with Crippen molar-refractivity contribution in [2.45, 2.75) is 25.7 Å². The molecule has 0 heteroatoms. The molecule has 0 aliphatic heterocycles. The van der Waals surface area contributed by atoms with Gasteiger partial charge in [-0.2, -0.15) is 0 Å². The third kappa shape index (κ3) is 1.76. The Morgan fingerprint density at radius 1 is 0.850 bits per heavy atom. The van der Waals surface area contributed by atoms with E-state index in [0.717, 1.165) is 6.42 Å². The summed E-state index contributed by atoms with van der Waals surface area (Å²) < 4.78 is 0. The number of benzene rings is 2. The standard InChI is InChI=1S/C20H20/c1-15(2)19-14-20(16(19)3,17-10-6-4-7-11-17)18-12-8-5-9-13-18/h4-13H,3,14H2,1-2H3. The van der Waals surface area contributed by atoms with Crippen LogP contribution < -0.4 is 0 Å². The Morgan fingerprint density at radius 3 is 1.65 bits per heavy atom. The van der Waals surface area contributed by atoms with Gasteiger partial charge >= 0.3 is 0 Å². The Kier molecular flexibility index (Phi) is 3.10. The largest absolute Gasteiger partial charge is 0.0943 e. The molecule has 2 aromatic carbocycles. The monoisotopic (exact) mass is 260 g/mol. The summed E-state index contributed by atoms with van der Waals surface area (Å²) in [4.78, 5) is 0. The van der Waals surface area contributed by atoms with Crippen LogP contribution in [0, 0.1) is 0 Å². The van der Waals surface area contributed by atoms with E-state index in [9.17, 15) is 0 Å². The van der Waals surface area contributed by atoms with E-state index >= 15 is 0 Å². The fourth-order valence-electron chi connectivity index (χ4n) is 3.27. The summed E-state index contributed by atoms with van der Waals surface area (Å²) in [6, 6.07) is 21.5. The molecule has 1 aliphatic rings. The quantitative estimate of drug-likeness (QED) is 0.690. The molecule has 0 saturated heterocycles. The lowest BCUT2D eigenvalue weighted by Crippen LogP contribution is -2.40. The third-order valence-corrected chi connectivity index (χ3v) is 4.46. The van der Waals surface area contributed by atoms with Crippen molar-refractivity contribution in [3.8, 4) is 0 Å². The highest BCUT2D eigenvalue weighted by atomic mass is 14.5. The van der Waals surface area contributed by atoms with Crippen molar-refractivity contribution in [3.63, 3.8) is 0 Å². The second-order valence-corrected chi connectivity index (χ2v) is 5.77. The van der Waals surface area contributed by atoms with Crippen molar-refractivity contribution in [1.82, 2.24) is 0 Å². The van der Waals surface area contributed by atoms with Gasteiger partial charge in [-0.3, -0.25) is 0 Å². The predicted octanol–water partition coefficient (Wildman–Crippen LogP) is 5.27. The molecule has 0 spiro atoms. The minimum Gasteiger partial charge on any atom is -0.0943 e. The minimum absolute atomic E-state index is 0.0326. The van der Waals surface area contributed by atoms with Gasteiger partial charge in [-0.15, -0.1) is 0 Å². The predicted molar refractivity (Wildman–Crippen MR) is 85.8 cm³/mol. The molecule has 1 fully saturated rings. The molecule has 100 valence electrons. The number of hydrogen-bond acceptors (Lipinski definition) is 0. The molecule has 0 bridgehead atoms. The first-order valence-corrected chi connectivity index (χ1v) is 7.13. The Hall–Kier alpha value is -2.08. The molecular weight excluding hydrogens is 240 g/mol. The summed E-state index contributed by atoms with van der Waals surface area (Å²) in [7, 11) is 0. The average Bonchev–Trinajstić information content (AvgIpc) is 2.48. The molecule has 0 heterocycles. The average molecular weight is 260 g/mol. The molecule has 0 radical (unpaired) electrons. The maximum absolute atomic E-state index is 4.41. The van der Waals surface area contributed by atoms with Gasteiger partial charge in [0.25, 0.3) is 0 Å². The molecule has 0 amide bonds. The van der Waals surface area contributed by atoms with Crippen molar-refractivity contribution in [1.29, 1.82) is 0 Å². The van der Waals surface area contributed by atoms with Gasteiger partial charge in [-0.1, -0.05) is 72.8 Å². The van der Waals surface area contributed by atoms with Gasteiger partial charge in [-0.05, 0) is 42.5 Å². The van der Waals surface area contributed by atoms with E-state index in [1.807, 2.05) is 0 Å². The van der Waals surface area contributed by atoms with Gasteiger partial charge in [0.1, 0.15) is 0 Å². The Labute approximate surface area is 121 Å². The van der Waals surface area contributed by atoms with Gasteiger partial charge in [0.05, 0.1) is 0 Å². The van der Waals surface area contributed by atoms with E-state index in [-0.39, 0.29) is 5.41 Å². The van der Waals surface area contributed by atoms with Crippen LogP contribution in [-0.2, 0) is 5.41 Å². The van der Waals surface area contributed by atoms with Crippen LogP contribution in [0.3, 0.4) is 0 Å². The van der Waals surface area contributed by atoms with Crippen molar-refractivity contribution >= 4 is 0 Å². The maximum atomic E-state index is 4.41. The molecule has 1 aliphatic carbocycles. The first-order chi connectivity index (χ1) is 9.66. The van der Waals surface area contributed by atoms with Crippen molar-refractivity contribution in [2.24, 2.45) is 0 Å². The first kappa shape index (κ1) is 12.9. The molecule has 20 heavy (non-hydrogen) atoms. The lowest BCUT2D eigenvalue weighted by Gasteiger charge is -2.48. The van der Waals surface area contributed by atoms with E-state index in [1.165, 1.54) is 27.8 Å². The van der Waals surface area contributed by atoms with Crippen LogP contribution in [0.25, 0.3) is 0 Å². The fourth-order valence-corrected chi connectivity index (χ4v) is 3.27. The van der Waals surface area contributed by atoms with E-state index in [1.54, 1.807) is 0 Å². The summed E-state index contributed by atoms with van der Waals surface area (Å²) in [5.41, 5.74) is 6.74. The van der Waals surface area contributed by atoms with Crippen molar-refractivity contribution < 1.29 is 0 Å². The summed E-state index contributed by atoms with van der Waals surface area (Å²) in [6.45, 7) is 8.77. The maximum Gasteiger partial charge on any atom is 0.0488 e. The fraction of sp³-hybridized carbons (Fsp3) is 0.200. The van der Waals surface area contributed by atoms with Gasteiger partial charge in [0.2, 0.25) is 0 Å². The van der Waals surface area contributed by atoms with Crippen molar-refractivity contribution in [3.05, 3.63) is 95.1 Å². The molecule has 2 aromatic rings. The number of hydrogen-bond donors (Lipinski definition) is 0. The van der Waals surface area contributed by atoms with E-state index in [2.05, 4.69) is 81.1 Å². The topological polar surface area (TPSA) is 0 Å². The zero-order valence-corrected chi connectivity index (χ0v) is 12.2. The van der Waals surface area contributed by atoms with Crippen LogP contribution in [0.5, 0.6) is 0 Å². The Bertz CT molecular complexity index is 616. The molecule has 0 N–H and O–H groups in total. The van der Waals surface area contributed by atoms with Crippen molar-refractivity contribution in [2.75, 3.05) is 0 Å². The summed E-state index contributed by atoms with van der Waals surface area (Å²) >= 11 is 0. The molecule has 0 aromatic heterocycles. The summed E-state index contributed by atoms with van der Waals surface area (Å²) in [5.74, 6) is 0. The van der Waals surface area contributed by atoms with Crippen LogP contribution in [0.1, 0.15) is 31.4 Å². The molecule has 0 nitrogen and oxygen atoms in total. The first-order valence-electron chi connectivity index (χ1n) is 7.13. The smallest absolute Gasteiger partial charge is 0.0488 e. The van der Waals surface area contributed by atoms with Crippen LogP contribution >= 0.6 is 0 Å². The highest BCUT2D eigenvalue weighted by molar-refractivity contribution is 5.64. The lowest BCUT2D eigenvalue weighted by molar-refractivity contribution is 0.520. The zero-order valence-electron chi connectivity index (χ0n) is 12.2. The van der Waals surface area contributed by atoms with E-state index in [0.29, 0.717) is 0 Å².